The molecular formula is C13H15F2NO2S. The van der Waals surface area contributed by atoms with Crippen LogP contribution in [0.15, 0.2) is 23.1 Å². The third-order valence-corrected chi connectivity index (χ3v) is 4.14. The molecule has 104 valence electrons. The number of nitrogens with zero attached hydrogens (tertiary/aromatic N) is 1. The Morgan fingerprint density at radius 3 is 2.89 bits per heavy atom. The zero-order valence-electron chi connectivity index (χ0n) is 10.3. The SMILES string of the molecule is O=C(CSc1ccc(F)c(F)c1)N1CCC[C@H]1CO. The summed E-state index contributed by atoms with van der Waals surface area (Å²) in [4.78, 5) is 14.1. The van der Waals surface area contributed by atoms with Crippen molar-refractivity contribution in [1.82, 2.24) is 4.90 Å². The maximum Gasteiger partial charge on any atom is 0.233 e. The van der Waals surface area contributed by atoms with E-state index in [0.717, 1.165) is 25.0 Å². The minimum atomic E-state index is -0.910. The average molecular weight is 287 g/mol. The van der Waals surface area contributed by atoms with Crippen molar-refractivity contribution in [3.8, 4) is 0 Å². The molecule has 1 fully saturated rings. The summed E-state index contributed by atoms with van der Waals surface area (Å²) in [5.41, 5.74) is 0. The maximum atomic E-state index is 13.0. The van der Waals surface area contributed by atoms with E-state index in [4.69, 9.17) is 5.11 Å². The molecule has 1 aliphatic rings. The summed E-state index contributed by atoms with van der Waals surface area (Å²) in [5, 5.41) is 9.15. The zero-order valence-corrected chi connectivity index (χ0v) is 11.1. The van der Waals surface area contributed by atoms with Crippen LogP contribution in [0.2, 0.25) is 0 Å². The fourth-order valence-electron chi connectivity index (χ4n) is 2.15. The fourth-order valence-corrected chi connectivity index (χ4v) is 2.96. The summed E-state index contributed by atoms with van der Waals surface area (Å²) < 4.78 is 25.8. The highest BCUT2D eigenvalue weighted by Gasteiger charge is 2.27. The Hall–Kier alpha value is -1.14. The molecular weight excluding hydrogens is 272 g/mol. The lowest BCUT2D eigenvalue weighted by Crippen LogP contribution is -2.38. The van der Waals surface area contributed by atoms with Crippen molar-refractivity contribution in [3.63, 3.8) is 0 Å². The van der Waals surface area contributed by atoms with Crippen LogP contribution in [0.5, 0.6) is 0 Å². The van der Waals surface area contributed by atoms with Crippen molar-refractivity contribution < 1.29 is 18.7 Å². The van der Waals surface area contributed by atoms with Crippen LogP contribution in [0.4, 0.5) is 8.78 Å². The number of aliphatic hydroxyl groups excluding tert-OH is 1. The Labute approximate surface area is 114 Å². The Kier molecular flexibility index (Phi) is 4.76. The van der Waals surface area contributed by atoms with Gasteiger partial charge in [-0.1, -0.05) is 0 Å². The number of benzene rings is 1. The zero-order chi connectivity index (χ0) is 13.8. The normalized spacial score (nSPS) is 18.9. The summed E-state index contributed by atoms with van der Waals surface area (Å²) in [7, 11) is 0. The van der Waals surface area contributed by atoms with Gasteiger partial charge in [-0.3, -0.25) is 4.79 Å². The molecule has 0 saturated carbocycles. The maximum absolute atomic E-state index is 13.0. The molecule has 1 N–H and O–H groups in total. The lowest BCUT2D eigenvalue weighted by atomic mass is 10.2. The van der Waals surface area contributed by atoms with Crippen molar-refractivity contribution in [2.45, 2.75) is 23.8 Å². The van der Waals surface area contributed by atoms with Crippen LogP contribution in [-0.2, 0) is 4.79 Å². The van der Waals surface area contributed by atoms with Gasteiger partial charge < -0.3 is 10.0 Å². The first-order valence-corrected chi connectivity index (χ1v) is 7.08. The molecule has 0 unspecified atom stereocenters. The van der Waals surface area contributed by atoms with Crippen molar-refractivity contribution in [1.29, 1.82) is 0 Å². The Morgan fingerprint density at radius 1 is 1.42 bits per heavy atom. The highest BCUT2D eigenvalue weighted by Crippen LogP contribution is 2.23. The average Bonchev–Trinajstić information content (AvgIpc) is 2.88. The Bertz CT molecular complexity index is 470. The smallest absolute Gasteiger partial charge is 0.233 e. The molecule has 1 amide bonds. The van der Waals surface area contributed by atoms with E-state index in [0.29, 0.717) is 11.4 Å². The van der Waals surface area contributed by atoms with E-state index in [1.54, 1.807) is 4.90 Å². The van der Waals surface area contributed by atoms with E-state index in [1.165, 1.54) is 17.8 Å². The van der Waals surface area contributed by atoms with Gasteiger partial charge in [0.05, 0.1) is 18.4 Å². The van der Waals surface area contributed by atoms with Crippen molar-refractivity contribution >= 4 is 17.7 Å². The Morgan fingerprint density at radius 2 is 2.21 bits per heavy atom. The summed E-state index contributed by atoms with van der Waals surface area (Å²) in [6.07, 6.45) is 1.71. The first-order valence-electron chi connectivity index (χ1n) is 6.10. The molecule has 0 radical (unpaired) electrons. The third-order valence-electron chi connectivity index (χ3n) is 3.16. The van der Waals surface area contributed by atoms with Gasteiger partial charge in [0, 0.05) is 11.4 Å². The van der Waals surface area contributed by atoms with Gasteiger partial charge in [-0.25, -0.2) is 8.78 Å². The molecule has 1 saturated heterocycles. The fraction of sp³-hybridized carbons (Fsp3) is 0.462. The molecule has 2 rings (SSSR count). The molecule has 1 atom stereocenters. The number of halogens is 2. The molecule has 1 aliphatic heterocycles. The predicted molar refractivity (Wildman–Crippen MR) is 68.9 cm³/mol. The van der Waals surface area contributed by atoms with Gasteiger partial charge in [0.1, 0.15) is 0 Å². The number of carbonyl (C=O) groups excluding carboxylic acids is 1. The lowest BCUT2D eigenvalue weighted by molar-refractivity contribution is -0.129. The van der Waals surface area contributed by atoms with Gasteiger partial charge in [-0.05, 0) is 31.0 Å². The van der Waals surface area contributed by atoms with Gasteiger partial charge in [-0.2, -0.15) is 0 Å². The minimum absolute atomic E-state index is 0.0262. The number of carbonyl (C=O) groups is 1. The van der Waals surface area contributed by atoms with Crippen LogP contribution < -0.4 is 0 Å². The molecule has 3 nitrogen and oxygen atoms in total. The molecule has 1 heterocycles. The molecule has 0 bridgehead atoms. The summed E-state index contributed by atoms with van der Waals surface area (Å²) in [6.45, 7) is 0.629. The summed E-state index contributed by atoms with van der Waals surface area (Å²) in [6, 6.07) is 3.48. The molecule has 0 aliphatic carbocycles. The van der Waals surface area contributed by atoms with Crippen LogP contribution in [-0.4, -0.2) is 40.9 Å². The summed E-state index contributed by atoms with van der Waals surface area (Å²) >= 11 is 1.17. The highest BCUT2D eigenvalue weighted by molar-refractivity contribution is 8.00. The van der Waals surface area contributed by atoms with Crippen LogP contribution in [0.25, 0.3) is 0 Å². The quantitative estimate of drug-likeness (QED) is 0.862. The highest BCUT2D eigenvalue weighted by atomic mass is 32.2. The lowest BCUT2D eigenvalue weighted by Gasteiger charge is -2.22. The monoisotopic (exact) mass is 287 g/mol. The van der Waals surface area contributed by atoms with Gasteiger partial charge in [0.2, 0.25) is 5.91 Å². The van der Waals surface area contributed by atoms with E-state index in [1.807, 2.05) is 0 Å². The van der Waals surface area contributed by atoms with Crippen molar-refractivity contribution in [3.05, 3.63) is 29.8 Å². The van der Waals surface area contributed by atoms with Crippen LogP contribution >= 0.6 is 11.8 Å². The second kappa shape index (κ2) is 6.34. The van der Waals surface area contributed by atoms with Crippen LogP contribution in [0, 0.1) is 11.6 Å². The Balaban J connectivity index is 1.91. The first-order chi connectivity index (χ1) is 9.11. The second-order valence-electron chi connectivity index (χ2n) is 4.43. The number of thioether (sulfide) groups is 1. The number of aliphatic hydroxyl groups is 1. The molecule has 0 aromatic heterocycles. The summed E-state index contributed by atoms with van der Waals surface area (Å²) in [5.74, 6) is -1.71. The standard InChI is InChI=1S/C13H15F2NO2S/c14-11-4-3-10(6-12(11)15)19-8-13(18)16-5-1-2-9(16)7-17/h3-4,6,9,17H,1-2,5,7-8H2/t9-/m0/s1. The first kappa shape index (κ1) is 14.3. The number of amides is 1. The van der Waals surface area contributed by atoms with Gasteiger partial charge in [0.25, 0.3) is 0 Å². The topological polar surface area (TPSA) is 40.5 Å². The van der Waals surface area contributed by atoms with E-state index >= 15 is 0 Å². The van der Waals surface area contributed by atoms with E-state index in [-0.39, 0.29) is 24.3 Å². The molecule has 19 heavy (non-hydrogen) atoms. The van der Waals surface area contributed by atoms with Crippen molar-refractivity contribution in [2.24, 2.45) is 0 Å². The van der Waals surface area contributed by atoms with E-state index in [2.05, 4.69) is 0 Å². The molecule has 1 aromatic carbocycles. The van der Waals surface area contributed by atoms with Gasteiger partial charge in [-0.15, -0.1) is 11.8 Å². The van der Waals surface area contributed by atoms with E-state index in [9.17, 15) is 13.6 Å². The number of likely N-dealkylation sites (tertiary alicyclic amines) is 1. The van der Waals surface area contributed by atoms with Crippen LogP contribution in [0.3, 0.4) is 0 Å². The second-order valence-corrected chi connectivity index (χ2v) is 5.48. The molecule has 6 heteroatoms. The molecule has 1 aromatic rings. The van der Waals surface area contributed by atoms with Gasteiger partial charge in [0.15, 0.2) is 11.6 Å². The largest absolute Gasteiger partial charge is 0.394 e. The predicted octanol–water partition coefficient (Wildman–Crippen LogP) is 2.04. The molecule has 0 spiro atoms. The number of hydrogen-bond acceptors (Lipinski definition) is 3. The minimum Gasteiger partial charge on any atom is -0.394 e. The van der Waals surface area contributed by atoms with Gasteiger partial charge >= 0.3 is 0 Å². The van der Waals surface area contributed by atoms with Crippen molar-refractivity contribution in [2.75, 3.05) is 18.9 Å². The van der Waals surface area contributed by atoms with Crippen LogP contribution in [0.1, 0.15) is 12.8 Å². The van der Waals surface area contributed by atoms with E-state index < -0.39 is 11.6 Å². The number of hydrogen-bond donors (Lipinski definition) is 1. The number of rotatable bonds is 4. The third kappa shape index (κ3) is 3.45.